The van der Waals surface area contributed by atoms with Crippen molar-refractivity contribution in [2.75, 3.05) is 23.7 Å². The van der Waals surface area contributed by atoms with E-state index >= 15 is 0 Å². The molecule has 0 atom stereocenters. The van der Waals surface area contributed by atoms with Crippen LogP contribution < -0.4 is 10.6 Å². The Morgan fingerprint density at radius 1 is 1.00 bits per heavy atom. The number of hydrogen-bond acceptors (Lipinski definition) is 3. The number of phenolic OH excluding ortho intramolecular Hbond substituents is 1. The summed E-state index contributed by atoms with van der Waals surface area (Å²) in [4.78, 5) is 0. The molecule has 3 rings (SSSR count). The van der Waals surface area contributed by atoms with Gasteiger partial charge in [-0.15, -0.1) is 0 Å². The summed E-state index contributed by atoms with van der Waals surface area (Å²) in [5, 5.41) is 16.8. The number of fused-ring (bicyclic) bond motifs is 1. The molecule has 17 heavy (non-hydrogen) atoms. The minimum absolute atomic E-state index is 0.350. The molecule has 0 bridgehead atoms. The summed E-state index contributed by atoms with van der Waals surface area (Å²) in [5.74, 6) is 0.350. The molecule has 0 saturated heterocycles. The maximum Gasteiger partial charge on any atom is 0.140 e. The third-order valence-electron chi connectivity index (χ3n) is 4.25. The van der Waals surface area contributed by atoms with E-state index in [1.807, 2.05) is 12.1 Å². The first kappa shape index (κ1) is 10.8. The van der Waals surface area contributed by atoms with Gasteiger partial charge in [0, 0.05) is 18.5 Å². The van der Waals surface area contributed by atoms with Crippen LogP contribution >= 0.6 is 0 Å². The van der Waals surface area contributed by atoms with Crippen molar-refractivity contribution in [2.24, 2.45) is 5.41 Å². The van der Waals surface area contributed by atoms with Gasteiger partial charge in [0.25, 0.3) is 0 Å². The highest BCUT2D eigenvalue weighted by Crippen LogP contribution is 2.41. The summed E-state index contributed by atoms with van der Waals surface area (Å²) >= 11 is 0. The van der Waals surface area contributed by atoms with Gasteiger partial charge in [0.05, 0.1) is 5.69 Å². The van der Waals surface area contributed by atoms with Gasteiger partial charge >= 0.3 is 0 Å². The Bertz CT molecular complexity index is 411. The normalized spacial score (nSPS) is 22.1. The molecule has 1 aliphatic heterocycles. The lowest BCUT2D eigenvalue weighted by Crippen LogP contribution is -2.36. The predicted molar refractivity (Wildman–Crippen MR) is 70.6 cm³/mol. The van der Waals surface area contributed by atoms with E-state index in [2.05, 4.69) is 10.6 Å². The van der Waals surface area contributed by atoms with Crippen LogP contribution in [0.25, 0.3) is 0 Å². The molecule has 1 saturated carbocycles. The molecule has 3 N–H and O–H groups in total. The van der Waals surface area contributed by atoms with Gasteiger partial charge < -0.3 is 15.7 Å². The molecule has 0 radical (unpaired) electrons. The van der Waals surface area contributed by atoms with E-state index < -0.39 is 0 Å². The Labute approximate surface area is 102 Å². The lowest BCUT2D eigenvalue weighted by atomic mass is 9.74. The van der Waals surface area contributed by atoms with Gasteiger partial charge in [0.2, 0.25) is 0 Å². The monoisotopic (exact) mass is 232 g/mol. The summed E-state index contributed by atoms with van der Waals surface area (Å²) in [6.45, 7) is 2.00. The first-order valence-corrected chi connectivity index (χ1v) is 6.59. The Kier molecular flexibility index (Phi) is 2.61. The molecule has 1 aromatic carbocycles. The van der Waals surface area contributed by atoms with Gasteiger partial charge in [-0.25, -0.2) is 0 Å². The van der Waals surface area contributed by atoms with Crippen LogP contribution in [0.2, 0.25) is 0 Å². The highest BCUT2D eigenvalue weighted by Gasteiger charge is 2.34. The third-order valence-corrected chi connectivity index (χ3v) is 4.25. The molecule has 1 fully saturated rings. The van der Waals surface area contributed by atoms with E-state index in [-0.39, 0.29) is 0 Å². The molecule has 1 aromatic rings. The highest BCUT2D eigenvalue weighted by atomic mass is 16.3. The van der Waals surface area contributed by atoms with Crippen molar-refractivity contribution in [3.63, 3.8) is 0 Å². The Morgan fingerprint density at radius 3 is 2.59 bits per heavy atom. The van der Waals surface area contributed by atoms with E-state index in [1.165, 1.54) is 32.1 Å². The summed E-state index contributed by atoms with van der Waals surface area (Å²) in [6, 6.07) is 5.66. The number of hydrogen-bond donors (Lipinski definition) is 3. The zero-order valence-corrected chi connectivity index (χ0v) is 10.1. The Morgan fingerprint density at radius 2 is 1.76 bits per heavy atom. The van der Waals surface area contributed by atoms with E-state index in [9.17, 15) is 5.11 Å². The van der Waals surface area contributed by atoms with E-state index in [0.717, 1.165) is 24.5 Å². The van der Waals surface area contributed by atoms with Crippen LogP contribution in [0.1, 0.15) is 32.1 Å². The van der Waals surface area contributed by atoms with Gasteiger partial charge in [0.1, 0.15) is 11.4 Å². The molecule has 3 nitrogen and oxygen atoms in total. The molecule has 1 heterocycles. The first-order valence-electron chi connectivity index (χ1n) is 6.59. The molecule has 0 aromatic heterocycles. The maximum atomic E-state index is 9.87. The van der Waals surface area contributed by atoms with Crippen LogP contribution in [0.5, 0.6) is 5.75 Å². The van der Waals surface area contributed by atoms with Crippen LogP contribution in [-0.4, -0.2) is 18.2 Å². The van der Waals surface area contributed by atoms with Gasteiger partial charge in [-0.3, -0.25) is 0 Å². The number of rotatable bonds is 0. The largest absolute Gasteiger partial charge is 0.506 e. The van der Waals surface area contributed by atoms with Crippen molar-refractivity contribution < 1.29 is 5.11 Å². The zero-order valence-electron chi connectivity index (χ0n) is 10.1. The smallest absolute Gasteiger partial charge is 0.140 e. The van der Waals surface area contributed by atoms with Crippen molar-refractivity contribution in [2.45, 2.75) is 32.1 Å². The molecule has 2 aliphatic rings. The van der Waals surface area contributed by atoms with Crippen LogP contribution in [0.4, 0.5) is 11.4 Å². The fourth-order valence-electron chi connectivity index (χ4n) is 3.15. The number of benzene rings is 1. The van der Waals surface area contributed by atoms with Crippen LogP contribution in [0, 0.1) is 5.41 Å². The summed E-state index contributed by atoms with van der Waals surface area (Å²) in [6.07, 6.45) is 6.64. The maximum absolute atomic E-state index is 9.87. The quantitative estimate of drug-likeness (QED) is 0.602. The van der Waals surface area contributed by atoms with Crippen molar-refractivity contribution in [3.8, 4) is 5.75 Å². The minimum Gasteiger partial charge on any atom is -0.506 e. The second kappa shape index (κ2) is 4.13. The number of aromatic hydroxyl groups is 1. The Hall–Kier alpha value is -1.38. The molecular weight excluding hydrogens is 212 g/mol. The molecule has 0 amide bonds. The number of nitrogens with one attached hydrogen (secondary N) is 2. The summed E-state index contributed by atoms with van der Waals surface area (Å²) in [7, 11) is 0. The molecule has 3 heteroatoms. The second-order valence-corrected chi connectivity index (χ2v) is 5.47. The number of phenols is 1. The predicted octanol–water partition coefficient (Wildman–Crippen LogP) is 3.18. The minimum atomic E-state index is 0.350. The first-order chi connectivity index (χ1) is 8.29. The average molecular weight is 232 g/mol. The lowest BCUT2D eigenvalue weighted by Gasteiger charge is -2.36. The number of anilines is 2. The van der Waals surface area contributed by atoms with Gasteiger partial charge in [-0.2, -0.15) is 0 Å². The fraction of sp³-hybridized carbons (Fsp3) is 0.571. The van der Waals surface area contributed by atoms with Gasteiger partial charge in [-0.1, -0.05) is 25.3 Å². The van der Waals surface area contributed by atoms with Crippen molar-refractivity contribution in [1.29, 1.82) is 0 Å². The van der Waals surface area contributed by atoms with Crippen molar-refractivity contribution in [3.05, 3.63) is 18.2 Å². The number of para-hydroxylation sites is 1. The fourth-order valence-corrected chi connectivity index (χ4v) is 3.15. The molecule has 92 valence electrons. The van der Waals surface area contributed by atoms with Crippen LogP contribution in [-0.2, 0) is 0 Å². The Balaban J connectivity index is 1.85. The van der Waals surface area contributed by atoms with E-state index in [4.69, 9.17) is 0 Å². The van der Waals surface area contributed by atoms with Gasteiger partial charge in [-0.05, 0) is 25.0 Å². The lowest BCUT2D eigenvalue weighted by molar-refractivity contribution is 0.224. The topological polar surface area (TPSA) is 44.3 Å². The van der Waals surface area contributed by atoms with Crippen LogP contribution in [0.3, 0.4) is 0 Å². The standard InChI is InChI=1S/C14H20N2O/c17-12-6-4-5-11-13(12)16-10-14(9-15-11)7-2-1-3-8-14/h4-6,15-17H,1-3,7-10H2. The van der Waals surface area contributed by atoms with Gasteiger partial charge in [0.15, 0.2) is 0 Å². The van der Waals surface area contributed by atoms with E-state index in [1.54, 1.807) is 6.07 Å². The second-order valence-electron chi connectivity index (χ2n) is 5.47. The van der Waals surface area contributed by atoms with E-state index in [0.29, 0.717) is 11.2 Å². The molecule has 0 unspecified atom stereocenters. The summed E-state index contributed by atoms with van der Waals surface area (Å²) in [5.41, 5.74) is 2.28. The van der Waals surface area contributed by atoms with Crippen molar-refractivity contribution >= 4 is 11.4 Å². The summed E-state index contributed by atoms with van der Waals surface area (Å²) < 4.78 is 0. The average Bonchev–Trinajstić information content (AvgIpc) is 2.53. The third kappa shape index (κ3) is 1.94. The molecular formula is C14H20N2O. The SMILES string of the molecule is Oc1cccc2c1NCC1(CCCCC1)CN2. The zero-order chi connectivity index (χ0) is 11.7. The molecule has 1 aliphatic carbocycles. The highest BCUT2D eigenvalue weighted by molar-refractivity contribution is 5.76. The van der Waals surface area contributed by atoms with Crippen molar-refractivity contribution in [1.82, 2.24) is 0 Å². The molecule has 1 spiro atoms. The van der Waals surface area contributed by atoms with Crippen LogP contribution in [0.15, 0.2) is 18.2 Å².